The van der Waals surface area contributed by atoms with Crippen molar-refractivity contribution < 1.29 is 24.2 Å². The summed E-state index contributed by atoms with van der Waals surface area (Å²) in [5.41, 5.74) is 2.32. The Morgan fingerprint density at radius 1 is 0.900 bits per heavy atom. The molecule has 0 radical (unpaired) electrons. The molecule has 0 bridgehead atoms. The third-order valence-corrected chi connectivity index (χ3v) is 4.42. The lowest BCUT2D eigenvalue weighted by molar-refractivity contribution is -0.111. The van der Waals surface area contributed by atoms with E-state index in [1.807, 2.05) is 54.6 Å². The standard InChI is InChI=1S/C24H21NO5/c1-29-19-11-8-16(9-12-19)14-20(17-6-4-3-5-7-17)23(27)25-21-13-10-18(15-22(21)26)24(28)30-2/h3-15,26H,1-2H3,(H,25,27)/b20-14+. The Balaban J connectivity index is 1.93. The lowest BCUT2D eigenvalue weighted by atomic mass is 10.0. The topological polar surface area (TPSA) is 84.9 Å². The Bertz CT molecular complexity index is 1070. The molecule has 0 heterocycles. The monoisotopic (exact) mass is 403 g/mol. The van der Waals surface area contributed by atoms with E-state index < -0.39 is 11.9 Å². The van der Waals surface area contributed by atoms with Crippen molar-refractivity contribution in [1.82, 2.24) is 0 Å². The number of methoxy groups -OCH3 is 2. The van der Waals surface area contributed by atoms with Crippen molar-refractivity contribution >= 4 is 29.2 Å². The lowest BCUT2D eigenvalue weighted by Crippen LogP contribution is -2.14. The first-order valence-electron chi connectivity index (χ1n) is 9.15. The molecule has 3 aromatic carbocycles. The predicted molar refractivity (Wildman–Crippen MR) is 115 cm³/mol. The molecule has 6 nitrogen and oxygen atoms in total. The maximum atomic E-state index is 13.1. The zero-order chi connectivity index (χ0) is 21.5. The summed E-state index contributed by atoms with van der Waals surface area (Å²) in [4.78, 5) is 24.7. The summed E-state index contributed by atoms with van der Waals surface area (Å²) in [6, 6.07) is 20.7. The van der Waals surface area contributed by atoms with Crippen molar-refractivity contribution in [2.45, 2.75) is 0 Å². The number of amides is 1. The molecule has 0 atom stereocenters. The van der Waals surface area contributed by atoms with Gasteiger partial charge in [0.25, 0.3) is 5.91 Å². The summed E-state index contributed by atoms with van der Waals surface area (Å²) in [5.74, 6) is -0.498. The molecular formula is C24H21NO5. The highest BCUT2D eigenvalue weighted by Crippen LogP contribution is 2.27. The molecule has 0 spiro atoms. The minimum absolute atomic E-state index is 0.184. The molecule has 3 aromatic rings. The number of anilines is 1. The van der Waals surface area contributed by atoms with Crippen LogP contribution in [-0.2, 0) is 9.53 Å². The molecule has 0 saturated carbocycles. The van der Waals surface area contributed by atoms with Crippen molar-refractivity contribution in [2.75, 3.05) is 19.5 Å². The van der Waals surface area contributed by atoms with Gasteiger partial charge >= 0.3 is 5.97 Å². The maximum Gasteiger partial charge on any atom is 0.337 e. The number of benzene rings is 3. The molecule has 6 heteroatoms. The Morgan fingerprint density at radius 2 is 1.60 bits per heavy atom. The van der Waals surface area contributed by atoms with Gasteiger partial charge in [-0.3, -0.25) is 4.79 Å². The van der Waals surface area contributed by atoms with Gasteiger partial charge < -0.3 is 19.9 Å². The molecule has 3 rings (SSSR count). The number of aromatic hydroxyl groups is 1. The second kappa shape index (κ2) is 9.43. The van der Waals surface area contributed by atoms with E-state index in [0.29, 0.717) is 11.3 Å². The van der Waals surface area contributed by atoms with Crippen LogP contribution in [0.25, 0.3) is 11.6 Å². The fraction of sp³-hybridized carbons (Fsp3) is 0.0833. The Labute approximate surface area is 174 Å². The molecule has 0 fully saturated rings. The van der Waals surface area contributed by atoms with Crippen LogP contribution in [0.15, 0.2) is 72.8 Å². The normalized spacial score (nSPS) is 10.9. The van der Waals surface area contributed by atoms with Crippen molar-refractivity contribution in [2.24, 2.45) is 0 Å². The molecule has 1 amide bonds. The van der Waals surface area contributed by atoms with Crippen LogP contribution in [0.3, 0.4) is 0 Å². The van der Waals surface area contributed by atoms with E-state index in [9.17, 15) is 14.7 Å². The maximum absolute atomic E-state index is 13.1. The Morgan fingerprint density at radius 3 is 2.20 bits per heavy atom. The third-order valence-electron chi connectivity index (χ3n) is 4.42. The van der Waals surface area contributed by atoms with Crippen LogP contribution in [0.5, 0.6) is 11.5 Å². The molecule has 0 unspecified atom stereocenters. The van der Waals surface area contributed by atoms with E-state index >= 15 is 0 Å². The average molecular weight is 403 g/mol. The highest BCUT2D eigenvalue weighted by atomic mass is 16.5. The number of ether oxygens (including phenoxy) is 2. The number of carbonyl (C=O) groups excluding carboxylic acids is 2. The Hall–Kier alpha value is -4.06. The summed E-state index contributed by atoms with van der Waals surface area (Å²) >= 11 is 0. The van der Waals surface area contributed by atoms with E-state index in [-0.39, 0.29) is 17.0 Å². The van der Waals surface area contributed by atoms with Gasteiger partial charge in [-0.15, -0.1) is 0 Å². The zero-order valence-electron chi connectivity index (χ0n) is 16.6. The number of carbonyl (C=O) groups is 2. The number of hydrogen-bond acceptors (Lipinski definition) is 5. The number of hydrogen-bond donors (Lipinski definition) is 2. The number of phenolic OH excluding ortho intramolecular Hbond substituents is 1. The number of rotatable bonds is 6. The van der Waals surface area contributed by atoms with Gasteiger partial charge in [-0.25, -0.2) is 4.79 Å². The number of esters is 1. The number of nitrogens with one attached hydrogen (secondary N) is 1. The van der Waals surface area contributed by atoms with Gasteiger partial charge in [0.2, 0.25) is 0 Å². The summed E-state index contributed by atoms with van der Waals surface area (Å²) in [6.07, 6.45) is 1.75. The molecule has 0 aromatic heterocycles. The van der Waals surface area contributed by atoms with Gasteiger partial charge in [-0.1, -0.05) is 42.5 Å². The highest BCUT2D eigenvalue weighted by Gasteiger charge is 2.16. The van der Waals surface area contributed by atoms with E-state index in [2.05, 4.69) is 10.1 Å². The van der Waals surface area contributed by atoms with Crippen LogP contribution in [0.1, 0.15) is 21.5 Å². The summed E-state index contributed by atoms with van der Waals surface area (Å²) < 4.78 is 9.81. The summed E-state index contributed by atoms with van der Waals surface area (Å²) in [7, 11) is 2.84. The van der Waals surface area contributed by atoms with E-state index in [1.165, 1.54) is 25.3 Å². The molecule has 152 valence electrons. The molecule has 30 heavy (non-hydrogen) atoms. The van der Waals surface area contributed by atoms with Crippen LogP contribution in [0, 0.1) is 0 Å². The van der Waals surface area contributed by atoms with E-state index in [4.69, 9.17) is 4.74 Å². The van der Waals surface area contributed by atoms with Crippen LogP contribution >= 0.6 is 0 Å². The quantitative estimate of drug-likeness (QED) is 0.276. The van der Waals surface area contributed by atoms with Gasteiger partial charge in [0.05, 0.1) is 25.5 Å². The highest BCUT2D eigenvalue weighted by molar-refractivity contribution is 6.29. The summed E-state index contributed by atoms with van der Waals surface area (Å²) in [6.45, 7) is 0. The first-order chi connectivity index (χ1) is 14.5. The smallest absolute Gasteiger partial charge is 0.337 e. The molecule has 0 aliphatic rings. The van der Waals surface area contributed by atoms with Gasteiger partial charge in [0.15, 0.2) is 0 Å². The van der Waals surface area contributed by atoms with Crippen molar-refractivity contribution in [3.05, 3.63) is 89.5 Å². The average Bonchev–Trinajstić information content (AvgIpc) is 2.79. The zero-order valence-corrected chi connectivity index (χ0v) is 16.6. The van der Waals surface area contributed by atoms with Crippen molar-refractivity contribution in [3.63, 3.8) is 0 Å². The first-order valence-corrected chi connectivity index (χ1v) is 9.15. The van der Waals surface area contributed by atoms with Gasteiger partial charge in [-0.2, -0.15) is 0 Å². The molecular weight excluding hydrogens is 382 g/mol. The van der Waals surface area contributed by atoms with Crippen molar-refractivity contribution in [1.29, 1.82) is 0 Å². The second-order valence-electron chi connectivity index (χ2n) is 6.37. The SMILES string of the molecule is COC(=O)c1ccc(NC(=O)/C(=C/c2ccc(OC)cc2)c2ccccc2)c(O)c1. The number of phenols is 1. The van der Waals surface area contributed by atoms with Crippen LogP contribution < -0.4 is 10.1 Å². The minimum atomic E-state index is -0.576. The van der Waals surface area contributed by atoms with Crippen molar-refractivity contribution in [3.8, 4) is 11.5 Å². The predicted octanol–water partition coefficient (Wildman–Crippen LogP) is 4.37. The van der Waals surface area contributed by atoms with Gasteiger partial charge in [0.1, 0.15) is 11.5 Å². The second-order valence-corrected chi connectivity index (χ2v) is 6.37. The minimum Gasteiger partial charge on any atom is -0.506 e. The lowest BCUT2D eigenvalue weighted by Gasteiger charge is -2.12. The fourth-order valence-electron chi connectivity index (χ4n) is 2.84. The molecule has 0 aliphatic carbocycles. The summed E-state index contributed by atoms with van der Waals surface area (Å²) in [5, 5.41) is 12.9. The molecule has 0 saturated heterocycles. The van der Waals surface area contributed by atoms with Crippen LogP contribution in [-0.4, -0.2) is 31.2 Å². The fourth-order valence-corrected chi connectivity index (χ4v) is 2.84. The molecule has 2 N–H and O–H groups in total. The van der Waals surface area contributed by atoms with E-state index in [1.54, 1.807) is 13.2 Å². The van der Waals surface area contributed by atoms with E-state index in [0.717, 1.165) is 11.1 Å². The van der Waals surface area contributed by atoms with Crippen LogP contribution in [0.2, 0.25) is 0 Å². The molecule has 0 aliphatic heterocycles. The van der Waals surface area contributed by atoms with Crippen LogP contribution in [0.4, 0.5) is 5.69 Å². The first kappa shape index (κ1) is 20.7. The third kappa shape index (κ3) is 4.86. The van der Waals surface area contributed by atoms with Gasteiger partial charge in [0, 0.05) is 5.57 Å². The van der Waals surface area contributed by atoms with Gasteiger partial charge in [-0.05, 0) is 47.5 Å². The largest absolute Gasteiger partial charge is 0.506 e. The Kier molecular flexibility index (Phi) is 6.49.